The van der Waals surface area contributed by atoms with E-state index in [1.54, 1.807) is 0 Å². The molecule has 0 radical (unpaired) electrons. The summed E-state index contributed by atoms with van der Waals surface area (Å²) in [6.45, 7) is 2.13. The third-order valence-electron chi connectivity index (χ3n) is 3.79. The van der Waals surface area contributed by atoms with Gasteiger partial charge in [-0.25, -0.2) is 0 Å². The first-order valence-corrected chi connectivity index (χ1v) is 8.22. The molecule has 19 heavy (non-hydrogen) atoms. The first kappa shape index (κ1) is 13.6. The van der Waals surface area contributed by atoms with Gasteiger partial charge in [-0.05, 0) is 53.4 Å². The minimum absolute atomic E-state index is 0.0158. The number of likely N-dealkylation sites (tertiary alicyclic amines) is 1. The number of nitrogens with zero attached hydrogens (tertiary/aromatic N) is 1. The molecule has 0 aromatic heterocycles. The molecule has 1 aromatic carbocycles. The van der Waals surface area contributed by atoms with Crippen molar-refractivity contribution in [3.63, 3.8) is 0 Å². The maximum atomic E-state index is 12.2. The molecule has 0 bridgehead atoms. The van der Waals surface area contributed by atoms with E-state index in [1.165, 1.54) is 12.8 Å². The summed E-state index contributed by atoms with van der Waals surface area (Å²) in [6, 6.07) is 6.73. The number of halogens is 2. The van der Waals surface area contributed by atoms with Crippen LogP contribution in [0.25, 0.3) is 0 Å². The molecule has 0 spiro atoms. The maximum absolute atomic E-state index is 12.2. The van der Waals surface area contributed by atoms with Gasteiger partial charge in [0.15, 0.2) is 0 Å². The molecular weight excluding hydrogens is 372 g/mol. The van der Waals surface area contributed by atoms with Gasteiger partial charge in [-0.15, -0.1) is 0 Å². The molecule has 1 saturated heterocycles. The SMILES string of the molecule is O=C(NC1CCN(C2CC2)C1)c1ccc(Br)cc1Br. The molecule has 2 fully saturated rings. The Bertz CT molecular complexity index is 502. The van der Waals surface area contributed by atoms with E-state index in [0.717, 1.165) is 34.5 Å². The van der Waals surface area contributed by atoms with Gasteiger partial charge in [-0.1, -0.05) is 15.9 Å². The van der Waals surface area contributed by atoms with Crippen LogP contribution in [-0.4, -0.2) is 36.0 Å². The third kappa shape index (κ3) is 3.20. The zero-order chi connectivity index (χ0) is 13.4. The summed E-state index contributed by atoms with van der Waals surface area (Å²) in [6.07, 6.45) is 3.73. The van der Waals surface area contributed by atoms with Crippen molar-refractivity contribution in [2.24, 2.45) is 0 Å². The first-order valence-electron chi connectivity index (χ1n) is 6.63. The van der Waals surface area contributed by atoms with Crippen LogP contribution in [0.15, 0.2) is 27.1 Å². The number of hydrogen-bond donors (Lipinski definition) is 1. The lowest BCUT2D eigenvalue weighted by Gasteiger charge is -2.16. The number of amides is 1. The van der Waals surface area contributed by atoms with Crippen LogP contribution in [0.2, 0.25) is 0 Å². The molecule has 1 atom stereocenters. The van der Waals surface area contributed by atoms with Crippen molar-refractivity contribution < 1.29 is 4.79 Å². The molecule has 3 rings (SSSR count). The smallest absolute Gasteiger partial charge is 0.252 e. The predicted molar refractivity (Wildman–Crippen MR) is 82.3 cm³/mol. The van der Waals surface area contributed by atoms with E-state index in [1.807, 2.05) is 18.2 Å². The molecule has 102 valence electrons. The van der Waals surface area contributed by atoms with Gasteiger partial charge >= 0.3 is 0 Å². The monoisotopic (exact) mass is 386 g/mol. The Hall–Kier alpha value is -0.390. The molecule has 1 aliphatic heterocycles. The van der Waals surface area contributed by atoms with Crippen molar-refractivity contribution in [1.29, 1.82) is 0 Å². The van der Waals surface area contributed by atoms with Gasteiger partial charge in [0.05, 0.1) is 5.56 Å². The Balaban J connectivity index is 1.61. The van der Waals surface area contributed by atoms with Crippen LogP contribution < -0.4 is 5.32 Å². The Morgan fingerprint density at radius 1 is 1.26 bits per heavy atom. The van der Waals surface area contributed by atoms with Crippen LogP contribution in [0.1, 0.15) is 29.6 Å². The lowest BCUT2D eigenvalue weighted by atomic mass is 10.2. The zero-order valence-electron chi connectivity index (χ0n) is 10.5. The Kier molecular flexibility index (Phi) is 3.96. The van der Waals surface area contributed by atoms with Gasteiger partial charge in [-0.2, -0.15) is 0 Å². The fourth-order valence-electron chi connectivity index (χ4n) is 2.61. The highest BCUT2D eigenvalue weighted by molar-refractivity contribution is 9.11. The molecule has 1 N–H and O–H groups in total. The van der Waals surface area contributed by atoms with Crippen LogP contribution >= 0.6 is 31.9 Å². The highest BCUT2D eigenvalue weighted by atomic mass is 79.9. The number of nitrogens with one attached hydrogen (secondary N) is 1. The first-order chi connectivity index (χ1) is 9.13. The largest absolute Gasteiger partial charge is 0.348 e. The lowest BCUT2D eigenvalue weighted by molar-refractivity contribution is 0.0936. The topological polar surface area (TPSA) is 32.3 Å². The Labute approximate surface area is 130 Å². The van der Waals surface area contributed by atoms with Crippen LogP contribution in [0.3, 0.4) is 0 Å². The summed E-state index contributed by atoms with van der Waals surface area (Å²) in [5, 5.41) is 3.14. The minimum Gasteiger partial charge on any atom is -0.348 e. The van der Waals surface area contributed by atoms with E-state index in [-0.39, 0.29) is 5.91 Å². The molecule has 1 saturated carbocycles. The van der Waals surface area contributed by atoms with Crippen molar-refractivity contribution in [2.45, 2.75) is 31.3 Å². The molecule has 5 heteroatoms. The van der Waals surface area contributed by atoms with Gasteiger partial charge in [-0.3, -0.25) is 9.69 Å². The summed E-state index contributed by atoms with van der Waals surface area (Å²) in [5.41, 5.74) is 0.702. The van der Waals surface area contributed by atoms with E-state index in [4.69, 9.17) is 0 Å². The molecule has 1 unspecified atom stereocenters. The van der Waals surface area contributed by atoms with E-state index in [0.29, 0.717) is 11.6 Å². The second-order valence-corrected chi connectivity index (χ2v) is 7.08. The number of benzene rings is 1. The van der Waals surface area contributed by atoms with Crippen molar-refractivity contribution >= 4 is 37.8 Å². The Morgan fingerprint density at radius 2 is 2.05 bits per heavy atom. The summed E-state index contributed by atoms with van der Waals surface area (Å²) in [5.74, 6) is 0.0158. The van der Waals surface area contributed by atoms with Crippen molar-refractivity contribution in [3.8, 4) is 0 Å². The summed E-state index contributed by atoms with van der Waals surface area (Å²) < 4.78 is 1.80. The van der Waals surface area contributed by atoms with Gasteiger partial charge in [0.1, 0.15) is 0 Å². The van der Waals surface area contributed by atoms with E-state index < -0.39 is 0 Å². The third-order valence-corrected chi connectivity index (χ3v) is 4.94. The van der Waals surface area contributed by atoms with Crippen LogP contribution in [0.4, 0.5) is 0 Å². The van der Waals surface area contributed by atoms with E-state index >= 15 is 0 Å². The number of rotatable bonds is 3. The van der Waals surface area contributed by atoms with Crippen LogP contribution in [0, 0.1) is 0 Å². The number of carbonyl (C=O) groups excluding carboxylic acids is 1. The molecule has 1 aromatic rings. The summed E-state index contributed by atoms with van der Waals surface area (Å²) >= 11 is 6.84. The average molecular weight is 388 g/mol. The van der Waals surface area contributed by atoms with Gasteiger partial charge in [0, 0.05) is 34.1 Å². The van der Waals surface area contributed by atoms with E-state index in [2.05, 4.69) is 42.1 Å². The normalized spacial score (nSPS) is 23.6. The van der Waals surface area contributed by atoms with Crippen molar-refractivity contribution in [3.05, 3.63) is 32.7 Å². The summed E-state index contributed by atoms with van der Waals surface area (Å²) in [7, 11) is 0. The van der Waals surface area contributed by atoms with Crippen molar-refractivity contribution in [1.82, 2.24) is 10.2 Å². The predicted octanol–water partition coefficient (Wildman–Crippen LogP) is 3.18. The zero-order valence-corrected chi connectivity index (χ0v) is 13.7. The van der Waals surface area contributed by atoms with Crippen molar-refractivity contribution in [2.75, 3.05) is 13.1 Å². The minimum atomic E-state index is 0.0158. The molecule has 1 aliphatic carbocycles. The van der Waals surface area contributed by atoms with Crippen LogP contribution in [-0.2, 0) is 0 Å². The highest BCUT2D eigenvalue weighted by Crippen LogP contribution is 2.30. The molecule has 3 nitrogen and oxygen atoms in total. The van der Waals surface area contributed by atoms with Gasteiger partial charge in [0.2, 0.25) is 0 Å². The molecule has 1 heterocycles. The quantitative estimate of drug-likeness (QED) is 0.863. The number of hydrogen-bond acceptors (Lipinski definition) is 2. The second kappa shape index (κ2) is 5.54. The molecule has 2 aliphatic rings. The fourth-order valence-corrected chi connectivity index (χ4v) is 3.84. The van der Waals surface area contributed by atoms with Crippen LogP contribution in [0.5, 0.6) is 0 Å². The maximum Gasteiger partial charge on any atom is 0.252 e. The average Bonchev–Trinajstić information content (AvgIpc) is 3.10. The summed E-state index contributed by atoms with van der Waals surface area (Å²) in [4.78, 5) is 14.8. The molecular formula is C14H16Br2N2O. The van der Waals surface area contributed by atoms with Gasteiger partial charge in [0.25, 0.3) is 5.91 Å². The number of carbonyl (C=O) groups is 1. The van der Waals surface area contributed by atoms with E-state index in [9.17, 15) is 4.79 Å². The lowest BCUT2D eigenvalue weighted by Crippen LogP contribution is -2.37. The highest BCUT2D eigenvalue weighted by Gasteiger charge is 2.34. The standard InChI is InChI=1S/C14H16Br2N2O/c15-9-1-4-12(13(16)7-9)14(19)17-10-5-6-18(8-10)11-2-3-11/h1,4,7,10-11H,2-3,5-6,8H2,(H,17,19). The second-order valence-electron chi connectivity index (χ2n) is 5.31. The molecule has 1 amide bonds. The fraction of sp³-hybridized carbons (Fsp3) is 0.500. The Morgan fingerprint density at radius 3 is 2.74 bits per heavy atom. The van der Waals surface area contributed by atoms with Gasteiger partial charge < -0.3 is 5.32 Å².